The van der Waals surface area contributed by atoms with Crippen LogP contribution in [0.3, 0.4) is 0 Å². The average Bonchev–Trinajstić information content (AvgIpc) is 2.95. The first-order valence-electron chi connectivity index (χ1n) is 6.82. The first-order chi connectivity index (χ1) is 11.7. The largest absolute Gasteiger partial charge is 0.416 e. The molecule has 0 radical (unpaired) electrons. The van der Waals surface area contributed by atoms with Crippen molar-refractivity contribution >= 4 is 34.1 Å². The number of carbonyl (C=O) groups is 2. The van der Waals surface area contributed by atoms with Crippen molar-refractivity contribution in [1.82, 2.24) is 4.98 Å². The maximum Gasteiger partial charge on any atom is 0.416 e. The number of amides is 3. The van der Waals surface area contributed by atoms with Gasteiger partial charge in [-0.15, -0.1) is 11.3 Å². The summed E-state index contributed by atoms with van der Waals surface area (Å²) in [5.41, 5.74) is 4.19. The van der Waals surface area contributed by atoms with Gasteiger partial charge in [-0.1, -0.05) is 6.07 Å². The fourth-order valence-corrected chi connectivity index (χ4v) is 2.77. The predicted octanol–water partition coefficient (Wildman–Crippen LogP) is 2.37. The minimum absolute atomic E-state index is 0.0468. The predicted molar refractivity (Wildman–Crippen MR) is 85.2 cm³/mol. The van der Waals surface area contributed by atoms with E-state index in [1.54, 1.807) is 0 Å². The Morgan fingerprint density at radius 1 is 1.32 bits per heavy atom. The van der Waals surface area contributed by atoms with Crippen LogP contribution in [-0.2, 0) is 11.0 Å². The summed E-state index contributed by atoms with van der Waals surface area (Å²) in [6, 6.07) is 3.34. The van der Waals surface area contributed by atoms with Gasteiger partial charge in [0.1, 0.15) is 0 Å². The summed E-state index contributed by atoms with van der Waals surface area (Å²) in [5.74, 6) is -1.69. The van der Waals surface area contributed by atoms with E-state index in [-0.39, 0.29) is 10.8 Å². The lowest BCUT2D eigenvalue weighted by Gasteiger charge is -2.10. The monoisotopic (exact) mass is 374 g/mol. The van der Waals surface area contributed by atoms with Crippen molar-refractivity contribution in [2.24, 2.45) is 5.73 Å². The molecule has 7 nitrogen and oxygen atoms in total. The molecule has 1 aromatic heterocycles. The van der Waals surface area contributed by atoms with E-state index in [2.05, 4.69) is 15.6 Å². The maximum absolute atomic E-state index is 12.6. The van der Waals surface area contributed by atoms with Crippen molar-refractivity contribution in [2.75, 3.05) is 17.2 Å². The van der Waals surface area contributed by atoms with Crippen molar-refractivity contribution in [3.8, 4) is 0 Å². The van der Waals surface area contributed by atoms with Crippen LogP contribution in [0.1, 0.15) is 16.4 Å². The highest BCUT2D eigenvalue weighted by molar-refractivity contribution is 7.16. The van der Waals surface area contributed by atoms with Crippen molar-refractivity contribution in [3.05, 3.63) is 40.9 Å². The SMILES string of the molecule is NC(=O)C(CO)c1cnc(NC(=O)Nc2cccc(C(F)(F)F)c2)s1. The zero-order chi connectivity index (χ0) is 18.6. The summed E-state index contributed by atoms with van der Waals surface area (Å²) >= 11 is 0.916. The number of hydrogen-bond acceptors (Lipinski definition) is 5. The number of aromatic nitrogens is 1. The first kappa shape index (κ1) is 18.7. The number of nitrogens with zero attached hydrogens (tertiary/aromatic N) is 1. The van der Waals surface area contributed by atoms with Crippen LogP contribution in [0.4, 0.5) is 28.8 Å². The van der Waals surface area contributed by atoms with Crippen molar-refractivity contribution in [1.29, 1.82) is 0 Å². The van der Waals surface area contributed by atoms with E-state index in [0.717, 1.165) is 23.5 Å². The smallest absolute Gasteiger partial charge is 0.395 e. The minimum atomic E-state index is -4.52. The van der Waals surface area contributed by atoms with Gasteiger partial charge in [0.25, 0.3) is 0 Å². The number of benzene rings is 1. The normalized spacial score (nSPS) is 12.5. The molecule has 11 heteroatoms. The summed E-state index contributed by atoms with van der Waals surface area (Å²) in [7, 11) is 0. The highest BCUT2D eigenvalue weighted by Crippen LogP contribution is 2.31. The lowest BCUT2D eigenvalue weighted by molar-refractivity contribution is -0.137. The number of nitrogens with one attached hydrogen (secondary N) is 2. The number of halogens is 3. The number of aliphatic hydroxyl groups excluding tert-OH is 1. The van der Waals surface area contributed by atoms with E-state index in [1.807, 2.05) is 0 Å². The Balaban J connectivity index is 2.04. The van der Waals surface area contributed by atoms with E-state index < -0.39 is 36.2 Å². The standard InChI is InChI=1S/C14H13F3N4O3S/c15-14(16,17)7-2-1-3-8(4-7)20-12(24)21-13-19-5-10(25-13)9(6-22)11(18)23/h1-5,9,22H,6H2,(H2,18,23)(H2,19,20,21,24). The number of anilines is 2. The van der Waals surface area contributed by atoms with Crippen molar-refractivity contribution in [3.63, 3.8) is 0 Å². The minimum Gasteiger partial charge on any atom is -0.395 e. The molecule has 0 saturated heterocycles. The number of aliphatic hydroxyl groups is 1. The van der Waals surface area contributed by atoms with Gasteiger partial charge >= 0.3 is 12.2 Å². The molecule has 0 saturated carbocycles. The molecule has 3 amide bonds. The molecule has 2 rings (SSSR count). The average molecular weight is 374 g/mol. The van der Waals surface area contributed by atoms with Crippen LogP contribution in [0.2, 0.25) is 0 Å². The van der Waals surface area contributed by atoms with Crippen LogP contribution in [0, 0.1) is 0 Å². The number of urea groups is 1. The van der Waals surface area contributed by atoms with Crippen LogP contribution < -0.4 is 16.4 Å². The van der Waals surface area contributed by atoms with Gasteiger partial charge in [0, 0.05) is 16.8 Å². The van der Waals surface area contributed by atoms with Gasteiger partial charge in [-0.25, -0.2) is 9.78 Å². The molecule has 0 aliphatic carbocycles. The molecular weight excluding hydrogens is 361 g/mol. The summed E-state index contributed by atoms with van der Waals surface area (Å²) in [6.45, 7) is -0.507. The molecular formula is C14H13F3N4O3S. The quantitative estimate of drug-likeness (QED) is 0.643. The van der Waals surface area contributed by atoms with E-state index in [9.17, 15) is 22.8 Å². The van der Waals surface area contributed by atoms with Crippen LogP contribution in [0.5, 0.6) is 0 Å². The van der Waals surface area contributed by atoms with Crippen molar-refractivity contribution in [2.45, 2.75) is 12.1 Å². The topological polar surface area (TPSA) is 117 Å². The highest BCUT2D eigenvalue weighted by atomic mass is 32.1. The number of alkyl halides is 3. The number of carbonyl (C=O) groups excluding carboxylic acids is 2. The van der Waals surface area contributed by atoms with E-state index in [0.29, 0.717) is 4.88 Å². The van der Waals surface area contributed by atoms with Crippen molar-refractivity contribution < 1.29 is 27.9 Å². The molecule has 0 bridgehead atoms. The fourth-order valence-electron chi connectivity index (χ4n) is 1.86. The highest BCUT2D eigenvalue weighted by Gasteiger charge is 2.30. The number of rotatable bonds is 5. The number of nitrogens with two attached hydrogens (primary N) is 1. The first-order valence-corrected chi connectivity index (χ1v) is 7.63. The second-order valence-corrected chi connectivity index (χ2v) is 5.93. The number of thiazole rings is 1. The van der Waals surface area contributed by atoms with E-state index >= 15 is 0 Å². The summed E-state index contributed by atoms with van der Waals surface area (Å²) < 4.78 is 37.9. The lowest BCUT2D eigenvalue weighted by Crippen LogP contribution is -2.23. The fraction of sp³-hybridized carbons (Fsp3) is 0.214. The molecule has 134 valence electrons. The van der Waals surface area contributed by atoms with Gasteiger partial charge in [0.2, 0.25) is 5.91 Å². The Morgan fingerprint density at radius 3 is 2.64 bits per heavy atom. The van der Waals surface area contributed by atoms with Crippen LogP contribution in [0.15, 0.2) is 30.5 Å². The summed E-state index contributed by atoms with van der Waals surface area (Å²) in [4.78, 5) is 27.2. The Kier molecular flexibility index (Phi) is 5.59. The Hall–Kier alpha value is -2.66. The van der Waals surface area contributed by atoms with Gasteiger partial charge < -0.3 is 16.2 Å². The second-order valence-electron chi connectivity index (χ2n) is 4.86. The third-order valence-electron chi connectivity index (χ3n) is 3.06. The zero-order valence-electron chi connectivity index (χ0n) is 12.5. The lowest BCUT2D eigenvalue weighted by atomic mass is 10.1. The van der Waals surface area contributed by atoms with Gasteiger partial charge in [-0.05, 0) is 18.2 Å². The Morgan fingerprint density at radius 2 is 2.04 bits per heavy atom. The van der Waals surface area contributed by atoms with Gasteiger partial charge in [-0.2, -0.15) is 13.2 Å². The molecule has 1 heterocycles. The molecule has 0 fully saturated rings. The summed E-state index contributed by atoms with van der Waals surface area (Å²) in [6.07, 6.45) is -3.25. The van der Waals surface area contributed by atoms with E-state index in [4.69, 9.17) is 10.8 Å². The molecule has 1 atom stereocenters. The number of hydrogen-bond donors (Lipinski definition) is 4. The molecule has 0 aliphatic rings. The molecule has 2 aromatic rings. The van der Waals surface area contributed by atoms with Gasteiger partial charge in [0.05, 0.1) is 18.1 Å². The third kappa shape index (κ3) is 4.90. The maximum atomic E-state index is 12.6. The molecule has 0 aliphatic heterocycles. The van der Waals surface area contributed by atoms with Crippen LogP contribution >= 0.6 is 11.3 Å². The molecule has 1 aromatic carbocycles. The third-order valence-corrected chi connectivity index (χ3v) is 4.09. The van der Waals surface area contributed by atoms with E-state index in [1.165, 1.54) is 18.3 Å². The summed E-state index contributed by atoms with van der Waals surface area (Å²) in [5, 5.41) is 13.8. The van der Waals surface area contributed by atoms with Crippen LogP contribution in [0.25, 0.3) is 0 Å². The Bertz CT molecular complexity index is 779. The van der Waals surface area contributed by atoms with Gasteiger partial charge in [-0.3, -0.25) is 10.1 Å². The molecule has 5 N–H and O–H groups in total. The second kappa shape index (κ2) is 7.49. The number of primary amides is 1. The molecule has 1 unspecified atom stereocenters. The van der Waals surface area contributed by atoms with Gasteiger partial charge in [0.15, 0.2) is 5.13 Å². The van der Waals surface area contributed by atoms with Crippen LogP contribution in [-0.4, -0.2) is 28.6 Å². The molecule has 25 heavy (non-hydrogen) atoms. The Labute approximate surface area is 143 Å². The zero-order valence-corrected chi connectivity index (χ0v) is 13.3. The molecule has 0 spiro atoms.